The number of aryl methyl sites for hydroxylation is 1. The quantitative estimate of drug-likeness (QED) is 0.905. The SMILES string of the molecule is Cc1nc2ccc(C(=O)O)cc2n1CC(C(C)C)C(C)C. The van der Waals surface area contributed by atoms with Gasteiger partial charge < -0.3 is 9.67 Å². The van der Waals surface area contributed by atoms with Crippen molar-refractivity contribution in [2.75, 3.05) is 0 Å². The second kappa shape index (κ2) is 5.88. The van der Waals surface area contributed by atoms with Gasteiger partial charge in [-0.15, -0.1) is 0 Å². The normalized spacial score (nSPS) is 12.0. The van der Waals surface area contributed by atoms with Crippen LogP contribution in [0.5, 0.6) is 0 Å². The number of aromatic nitrogens is 2. The molecule has 0 aliphatic heterocycles. The molecule has 0 aliphatic carbocycles. The van der Waals surface area contributed by atoms with Crippen LogP contribution in [0.2, 0.25) is 0 Å². The summed E-state index contributed by atoms with van der Waals surface area (Å²) in [4.78, 5) is 15.7. The fourth-order valence-corrected chi connectivity index (χ4v) is 3.01. The maximum Gasteiger partial charge on any atom is 0.335 e. The number of hydrogen-bond acceptors (Lipinski definition) is 2. The van der Waals surface area contributed by atoms with Gasteiger partial charge in [0, 0.05) is 6.54 Å². The van der Waals surface area contributed by atoms with Crippen LogP contribution in [-0.4, -0.2) is 20.6 Å². The van der Waals surface area contributed by atoms with E-state index in [1.165, 1.54) is 0 Å². The zero-order valence-electron chi connectivity index (χ0n) is 13.4. The standard InChI is InChI=1S/C17H24N2O2/c1-10(2)14(11(3)4)9-19-12(5)18-15-7-6-13(17(20)21)8-16(15)19/h6-8,10-11,14H,9H2,1-5H3,(H,20,21). The molecule has 114 valence electrons. The van der Waals surface area contributed by atoms with E-state index in [2.05, 4.69) is 37.2 Å². The highest BCUT2D eigenvalue weighted by Crippen LogP contribution is 2.26. The molecule has 2 rings (SSSR count). The molecule has 0 bridgehead atoms. The second-order valence-electron chi connectivity index (χ2n) is 6.43. The molecule has 21 heavy (non-hydrogen) atoms. The van der Waals surface area contributed by atoms with E-state index in [0.717, 1.165) is 23.4 Å². The highest BCUT2D eigenvalue weighted by Gasteiger charge is 2.20. The summed E-state index contributed by atoms with van der Waals surface area (Å²) in [7, 11) is 0. The molecule has 1 heterocycles. The second-order valence-corrected chi connectivity index (χ2v) is 6.43. The molecule has 4 heteroatoms. The Morgan fingerprint density at radius 3 is 2.38 bits per heavy atom. The number of carboxylic acids is 1. The molecule has 0 saturated heterocycles. The molecule has 0 fully saturated rings. The maximum atomic E-state index is 11.2. The zero-order valence-corrected chi connectivity index (χ0v) is 13.4. The number of hydrogen-bond donors (Lipinski definition) is 1. The van der Waals surface area contributed by atoms with Crippen LogP contribution in [0.15, 0.2) is 18.2 Å². The van der Waals surface area contributed by atoms with Crippen molar-refractivity contribution in [3.63, 3.8) is 0 Å². The third-order valence-electron chi connectivity index (χ3n) is 4.29. The van der Waals surface area contributed by atoms with Gasteiger partial charge in [-0.3, -0.25) is 0 Å². The first-order chi connectivity index (χ1) is 9.81. The van der Waals surface area contributed by atoms with Crippen LogP contribution in [-0.2, 0) is 6.54 Å². The summed E-state index contributed by atoms with van der Waals surface area (Å²) < 4.78 is 2.16. The van der Waals surface area contributed by atoms with Gasteiger partial charge in [-0.05, 0) is 42.9 Å². The van der Waals surface area contributed by atoms with E-state index in [-0.39, 0.29) is 0 Å². The third kappa shape index (κ3) is 3.09. The number of fused-ring (bicyclic) bond motifs is 1. The number of carboxylic acid groups (broad SMARTS) is 1. The van der Waals surface area contributed by atoms with Crippen molar-refractivity contribution in [2.24, 2.45) is 17.8 Å². The molecule has 1 aromatic heterocycles. The molecule has 1 N–H and O–H groups in total. The lowest BCUT2D eigenvalue weighted by atomic mass is 9.85. The maximum absolute atomic E-state index is 11.2. The molecule has 4 nitrogen and oxygen atoms in total. The first kappa shape index (κ1) is 15.5. The molecular formula is C17H24N2O2. The van der Waals surface area contributed by atoms with Crippen molar-refractivity contribution in [2.45, 2.75) is 41.2 Å². The number of carbonyl (C=O) groups is 1. The minimum atomic E-state index is -0.897. The lowest BCUT2D eigenvalue weighted by Crippen LogP contribution is -2.22. The Morgan fingerprint density at radius 2 is 1.86 bits per heavy atom. The average Bonchev–Trinajstić information content (AvgIpc) is 2.69. The van der Waals surface area contributed by atoms with Crippen LogP contribution in [0, 0.1) is 24.7 Å². The zero-order chi connectivity index (χ0) is 15.7. The van der Waals surface area contributed by atoms with E-state index in [4.69, 9.17) is 0 Å². The van der Waals surface area contributed by atoms with Gasteiger partial charge in [-0.25, -0.2) is 9.78 Å². The van der Waals surface area contributed by atoms with Crippen LogP contribution in [0.1, 0.15) is 43.9 Å². The first-order valence-corrected chi connectivity index (χ1v) is 7.51. The van der Waals surface area contributed by atoms with Gasteiger partial charge in [0.1, 0.15) is 5.82 Å². The molecule has 0 unspecified atom stereocenters. The topological polar surface area (TPSA) is 55.1 Å². The lowest BCUT2D eigenvalue weighted by molar-refractivity contribution is 0.0697. The third-order valence-corrected chi connectivity index (χ3v) is 4.29. The van der Waals surface area contributed by atoms with Crippen molar-refractivity contribution in [3.05, 3.63) is 29.6 Å². The molecule has 2 aromatic rings. The van der Waals surface area contributed by atoms with E-state index in [1.54, 1.807) is 18.2 Å². The van der Waals surface area contributed by atoms with Gasteiger partial charge in [0.05, 0.1) is 16.6 Å². The summed E-state index contributed by atoms with van der Waals surface area (Å²) in [6.07, 6.45) is 0. The van der Waals surface area contributed by atoms with E-state index >= 15 is 0 Å². The number of nitrogens with zero attached hydrogens (tertiary/aromatic N) is 2. The van der Waals surface area contributed by atoms with Gasteiger partial charge in [0.25, 0.3) is 0 Å². The Kier molecular flexibility index (Phi) is 4.35. The number of aromatic carboxylic acids is 1. The summed E-state index contributed by atoms with van der Waals surface area (Å²) in [5, 5.41) is 9.17. The van der Waals surface area contributed by atoms with Gasteiger partial charge >= 0.3 is 5.97 Å². The Hall–Kier alpha value is -1.84. The largest absolute Gasteiger partial charge is 0.478 e. The molecule has 0 atom stereocenters. The molecule has 0 saturated carbocycles. The monoisotopic (exact) mass is 288 g/mol. The van der Waals surface area contributed by atoms with E-state index in [0.29, 0.717) is 23.3 Å². The van der Waals surface area contributed by atoms with Gasteiger partial charge in [0.2, 0.25) is 0 Å². The number of rotatable bonds is 5. The number of imidazole rings is 1. The van der Waals surface area contributed by atoms with Crippen molar-refractivity contribution < 1.29 is 9.90 Å². The van der Waals surface area contributed by atoms with Gasteiger partial charge in [-0.2, -0.15) is 0 Å². The molecule has 0 radical (unpaired) electrons. The van der Waals surface area contributed by atoms with Crippen molar-refractivity contribution in [1.29, 1.82) is 0 Å². The minimum absolute atomic E-state index is 0.314. The number of benzene rings is 1. The Bertz CT molecular complexity index is 648. The Morgan fingerprint density at radius 1 is 1.24 bits per heavy atom. The summed E-state index contributed by atoms with van der Waals surface area (Å²) in [5.41, 5.74) is 2.09. The predicted molar refractivity (Wildman–Crippen MR) is 84.6 cm³/mol. The average molecular weight is 288 g/mol. The van der Waals surface area contributed by atoms with Crippen LogP contribution in [0.3, 0.4) is 0 Å². The lowest BCUT2D eigenvalue weighted by Gasteiger charge is -2.26. The first-order valence-electron chi connectivity index (χ1n) is 7.51. The van der Waals surface area contributed by atoms with Crippen LogP contribution in [0.25, 0.3) is 11.0 Å². The van der Waals surface area contributed by atoms with Gasteiger partial charge in [0.15, 0.2) is 0 Å². The van der Waals surface area contributed by atoms with Crippen molar-refractivity contribution in [1.82, 2.24) is 9.55 Å². The highest BCUT2D eigenvalue weighted by atomic mass is 16.4. The molecule has 0 aliphatic rings. The smallest absolute Gasteiger partial charge is 0.335 e. The van der Waals surface area contributed by atoms with Crippen LogP contribution >= 0.6 is 0 Å². The molecule has 0 spiro atoms. The summed E-state index contributed by atoms with van der Waals surface area (Å²) in [5.74, 6) is 1.73. The van der Waals surface area contributed by atoms with E-state index in [1.807, 2.05) is 6.92 Å². The summed E-state index contributed by atoms with van der Waals surface area (Å²) >= 11 is 0. The predicted octanol–water partition coefficient (Wildman–Crippen LogP) is 3.97. The Labute approximate surface area is 125 Å². The van der Waals surface area contributed by atoms with Crippen molar-refractivity contribution in [3.8, 4) is 0 Å². The summed E-state index contributed by atoms with van der Waals surface area (Å²) in [6.45, 7) is 11.8. The van der Waals surface area contributed by atoms with Crippen molar-refractivity contribution >= 4 is 17.0 Å². The highest BCUT2D eigenvalue weighted by molar-refractivity contribution is 5.92. The Balaban J connectivity index is 2.49. The van der Waals surface area contributed by atoms with Crippen LogP contribution in [0.4, 0.5) is 0 Å². The molecular weight excluding hydrogens is 264 g/mol. The van der Waals surface area contributed by atoms with E-state index < -0.39 is 5.97 Å². The van der Waals surface area contributed by atoms with E-state index in [9.17, 15) is 9.90 Å². The molecule has 0 amide bonds. The van der Waals surface area contributed by atoms with Gasteiger partial charge in [-0.1, -0.05) is 27.7 Å². The van der Waals surface area contributed by atoms with Crippen LogP contribution < -0.4 is 0 Å². The fraction of sp³-hybridized carbons (Fsp3) is 0.529. The molecule has 1 aromatic carbocycles. The minimum Gasteiger partial charge on any atom is -0.478 e. The fourth-order valence-electron chi connectivity index (χ4n) is 3.01. The summed E-state index contributed by atoms with van der Waals surface area (Å²) in [6, 6.07) is 5.14.